The smallest absolute Gasteiger partial charge is 0.326 e. The molecule has 0 atom stereocenters. The van der Waals surface area contributed by atoms with Crippen LogP contribution in [0.5, 0.6) is 0 Å². The first-order chi connectivity index (χ1) is 26.3. The van der Waals surface area contributed by atoms with E-state index in [1.807, 2.05) is 0 Å². The molecule has 0 saturated heterocycles. The molecule has 1 aliphatic rings. The third kappa shape index (κ3) is 4.93. The van der Waals surface area contributed by atoms with Gasteiger partial charge in [-0.1, -0.05) is 21.9 Å². The minimum absolute atomic E-state index is 1.23. The van der Waals surface area contributed by atoms with E-state index < -0.39 is 194 Å². The largest absolute Gasteiger partial charge is 0.367 e. The predicted octanol–water partition coefficient (Wildman–Crippen LogP) is 6.06. The monoisotopic (exact) mass is 873 g/mol. The van der Waals surface area contributed by atoms with Gasteiger partial charge in [-0.25, -0.2) is 105 Å². The highest BCUT2D eigenvalue weighted by molar-refractivity contribution is 7.22. The van der Waals surface area contributed by atoms with Crippen LogP contribution < -0.4 is 32.8 Å². The molecule has 0 aliphatic carbocycles. The van der Waals surface area contributed by atoms with Crippen molar-refractivity contribution in [1.29, 1.82) is 0 Å². The molecule has 5 aromatic carbocycles. The van der Waals surface area contributed by atoms with Gasteiger partial charge in [-0.05, 0) is 0 Å². The number of rotatable bonds is 4. The number of benzene rings is 5. The molecule has 6 rings (SSSR count). The highest BCUT2D eigenvalue weighted by Crippen LogP contribution is 2.36. The summed E-state index contributed by atoms with van der Waals surface area (Å²) in [5.74, 6) is -85.6. The van der Waals surface area contributed by atoms with Gasteiger partial charge >= 0.3 is 11.1 Å². The van der Waals surface area contributed by atoms with Crippen LogP contribution in [-0.2, 0) is 0 Å². The van der Waals surface area contributed by atoms with Crippen LogP contribution in [0.2, 0.25) is 0 Å². The van der Waals surface area contributed by atoms with E-state index in [4.69, 9.17) is 0 Å². The number of hydrogen-bond donors (Lipinski definition) is 0. The van der Waals surface area contributed by atoms with Gasteiger partial charge < -0.3 is 10.5 Å². The molecule has 57 heavy (non-hydrogen) atoms. The summed E-state index contributed by atoms with van der Waals surface area (Å²) in [5.41, 5.74) is -33.9. The van der Waals surface area contributed by atoms with Crippen molar-refractivity contribution in [3.8, 4) is 0 Å². The van der Waals surface area contributed by atoms with Crippen molar-refractivity contribution in [1.82, 2.24) is 0 Å². The Hall–Kier alpha value is -5.16. The van der Waals surface area contributed by atoms with Gasteiger partial charge in [-0.2, -0.15) is 0 Å². The Kier molecular flexibility index (Phi) is 9.60. The molecule has 0 bridgehead atoms. The second kappa shape index (κ2) is 13.2. The van der Waals surface area contributed by atoms with Gasteiger partial charge in [0.05, 0.1) is 0 Å². The minimum Gasteiger partial charge on any atom is -0.367 e. The van der Waals surface area contributed by atoms with Crippen molar-refractivity contribution in [3.05, 3.63) is 140 Å². The van der Waals surface area contributed by atoms with E-state index in [2.05, 4.69) is 0 Å². The van der Waals surface area contributed by atoms with Crippen molar-refractivity contribution in [2.45, 2.75) is 0 Å². The normalized spacial score (nSPS) is 14.5. The van der Waals surface area contributed by atoms with Crippen LogP contribution in [0.15, 0.2) is 0 Å². The Morgan fingerprint density at radius 1 is 0.158 bits per heavy atom. The van der Waals surface area contributed by atoms with Gasteiger partial charge in [0.2, 0.25) is 0 Å². The molecular formula is C30B2ClF24-. The SMILES string of the molecule is Fc1c(F)c(F)c([B-]2(c3c(F)c(F)c(F)c(F)c3F)[Cl+][B-](c3c(F)c(F)c(F)c(F)c3F)(c3c(F)c(F)c(F)c(F)c3F)c3c(F)c(F)c(F)c(F)c32)c(F)c1F. The van der Waals surface area contributed by atoms with E-state index in [9.17, 15) is 52.7 Å². The maximum atomic E-state index is 16.3. The summed E-state index contributed by atoms with van der Waals surface area (Å²) in [5, 5.41) is 0. The standard InChI is InChI=1S/C30B2ClF24/c34-7-1-2(8(35)18(45)17(7)44)32(5-13(40)23(50)29(56)24(51)14(5)41,6-15(42)25(52)30(57)26(53)16(6)43)33-31(1,3-9(36)19(46)27(54)20(47)10(3)37)4-11(38)21(48)28(55)22(49)12(4)39/q-1. The number of hydrogen-bond acceptors (Lipinski definition) is 0. The van der Waals surface area contributed by atoms with Crippen LogP contribution in [0.3, 0.4) is 0 Å². The molecule has 0 nitrogen and oxygen atoms in total. The first-order valence-electron chi connectivity index (χ1n) is 14.2. The van der Waals surface area contributed by atoms with Crippen LogP contribution in [0, 0.1) is 150 Å². The molecule has 0 unspecified atom stereocenters. The molecule has 1 aliphatic heterocycles. The lowest BCUT2D eigenvalue weighted by Gasteiger charge is -2.38. The average Bonchev–Trinajstić information content (AvgIpc) is 3.47. The lowest BCUT2D eigenvalue weighted by atomic mass is 9.27. The zero-order chi connectivity index (χ0) is 43.0. The van der Waals surface area contributed by atoms with Crippen molar-refractivity contribution >= 4 is 43.9 Å². The highest BCUT2D eigenvalue weighted by Gasteiger charge is 2.68. The Labute approximate surface area is 299 Å². The van der Waals surface area contributed by atoms with Gasteiger partial charge in [0, 0.05) is 0 Å². The summed E-state index contributed by atoms with van der Waals surface area (Å²) < 4.78 is 367. The summed E-state index contributed by atoms with van der Waals surface area (Å²) >= 11 is 0. The first kappa shape index (κ1) is 41.5. The van der Waals surface area contributed by atoms with E-state index in [1.54, 1.807) is 0 Å². The molecule has 0 radical (unpaired) electrons. The van der Waals surface area contributed by atoms with Gasteiger partial charge in [0.25, 0.3) is 0 Å². The maximum Gasteiger partial charge on any atom is 0.326 e. The summed E-state index contributed by atoms with van der Waals surface area (Å²) in [7, 11) is -1.23. The number of fused-ring (bicyclic) bond motifs is 1. The molecule has 0 fully saturated rings. The third-order valence-corrected chi connectivity index (χ3v) is 11.1. The van der Waals surface area contributed by atoms with E-state index in [0.29, 0.717) is 0 Å². The zero-order valence-corrected chi connectivity index (χ0v) is 26.4. The summed E-state index contributed by atoms with van der Waals surface area (Å²) in [6.45, 7) is 0. The van der Waals surface area contributed by atoms with E-state index >= 15 is 52.7 Å². The predicted molar refractivity (Wildman–Crippen MR) is 141 cm³/mol. The van der Waals surface area contributed by atoms with E-state index in [-0.39, 0.29) is 0 Å². The fourth-order valence-electron chi connectivity index (χ4n) is 6.86. The lowest BCUT2D eigenvalue weighted by Crippen LogP contribution is -2.75. The number of halogens is 25. The van der Waals surface area contributed by atoms with E-state index in [0.717, 1.165) is 0 Å². The molecule has 302 valence electrons. The summed E-state index contributed by atoms with van der Waals surface area (Å²) in [4.78, 5) is 0. The van der Waals surface area contributed by atoms with Crippen molar-refractivity contribution < 1.29 is 116 Å². The van der Waals surface area contributed by atoms with Crippen LogP contribution in [0.1, 0.15) is 0 Å². The first-order valence-corrected chi connectivity index (χ1v) is 15.1. The fraction of sp³-hybridized carbons (Fsp3) is 0. The molecule has 0 N–H and O–H groups in total. The van der Waals surface area contributed by atoms with Crippen molar-refractivity contribution in [2.75, 3.05) is 0 Å². The lowest BCUT2D eigenvalue weighted by molar-refractivity contribution is -0.369. The average molecular weight is 873 g/mol. The fourth-order valence-corrected chi connectivity index (χ4v) is 9.37. The van der Waals surface area contributed by atoms with Crippen molar-refractivity contribution in [3.63, 3.8) is 0 Å². The van der Waals surface area contributed by atoms with E-state index in [1.165, 1.54) is 0 Å². The quantitative estimate of drug-likeness (QED) is 0.0894. The molecule has 1 heterocycles. The third-order valence-electron chi connectivity index (χ3n) is 9.08. The Balaban J connectivity index is 2.15. The summed E-state index contributed by atoms with van der Waals surface area (Å²) in [6.07, 6.45) is 0. The van der Waals surface area contributed by atoms with Gasteiger partial charge in [0.15, 0.2) is 81.4 Å². The molecular weight excluding hydrogens is 873 g/mol. The van der Waals surface area contributed by atoms with Crippen molar-refractivity contribution in [2.24, 2.45) is 0 Å². The molecule has 0 amide bonds. The van der Waals surface area contributed by atoms with Crippen LogP contribution in [0.25, 0.3) is 0 Å². The highest BCUT2D eigenvalue weighted by atomic mass is 35.5. The van der Waals surface area contributed by atoms with Gasteiger partial charge in [-0.15, -0.1) is 10.9 Å². The molecule has 27 heteroatoms. The van der Waals surface area contributed by atoms with Gasteiger partial charge in [-0.3, -0.25) is 0 Å². The topological polar surface area (TPSA) is 0 Å². The van der Waals surface area contributed by atoms with Crippen LogP contribution in [0.4, 0.5) is 105 Å². The minimum atomic E-state index is -6.85. The zero-order valence-electron chi connectivity index (χ0n) is 25.6. The Bertz CT molecular complexity index is 2250. The molecule has 5 aromatic rings. The Morgan fingerprint density at radius 2 is 0.263 bits per heavy atom. The van der Waals surface area contributed by atoms with Gasteiger partial charge in [0.1, 0.15) is 58.2 Å². The van der Waals surface area contributed by atoms with Crippen LogP contribution in [-0.4, -0.2) is 11.1 Å². The summed E-state index contributed by atoms with van der Waals surface area (Å²) in [6, 6.07) is 0. The molecule has 0 spiro atoms. The Morgan fingerprint density at radius 3 is 0.404 bits per heavy atom. The molecule has 0 aromatic heterocycles. The second-order valence-corrected chi connectivity index (χ2v) is 13.2. The maximum absolute atomic E-state index is 16.3. The van der Waals surface area contributed by atoms with Crippen LogP contribution >= 0.6 is 0 Å². The second-order valence-electron chi connectivity index (χ2n) is 11.7. The molecule has 0 saturated carbocycles.